The predicted molar refractivity (Wildman–Crippen MR) is 91.7 cm³/mol. The predicted octanol–water partition coefficient (Wildman–Crippen LogP) is 4.05. The minimum atomic E-state index is 0.845. The first kappa shape index (κ1) is 16.5. The van der Waals surface area contributed by atoms with E-state index in [4.69, 9.17) is 0 Å². The van der Waals surface area contributed by atoms with Gasteiger partial charge in [0.05, 0.1) is 0 Å². The van der Waals surface area contributed by atoms with Gasteiger partial charge in [0.1, 0.15) is 0 Å². The van der Waals surface area contributed by atoms with Gasteiger partial charge in [0, 0.05) is 12.6 Å². The Morgan fingerprint density at radius 2 is 1.76 bits per heavy atom. The highest BCUT2D eigenvalue weighted by Crippen LogP contribution is 2.21. The molecule has 1 aromatic carbocycles. The molecule has 0 amide bonds. The number of benzene rings is 1. The molecule has 0 unspecified atom stereocenters. The van der Waals surface area contributed by atoms with Crippen molar-refractivity contribution in [1.29, 1.82) is 0 Å². The molecule has 0 aliphatic heterocycles. The highest BCUT2D eigenvalue weighted by Gasteiger charge is 2.17. The van der Waals surface area contributed by atoms with Gasteiger partial charge < -0.3 is 10.2 Å². The second-order valence-corrected chi connectivity index (χ2v) is 6.67. The summed E-state index contributed by atoms with van der Waals surface area (Å²) in [5.41, 5.74) is 4.28. The summed E-state index contributed by atoms with van der Waals surface area (Å²) in [6.45, 7) is 7.77. The maximum absolute atomic E-state index is 3.61. The van der Waals surface area contributed by atoms with E-state index in [1.807, 2.05) is 0 Å². The van der Waals surface area contributed by atoms with Crippen LogP contribution in [0.4, 0.5) is 0 Å². The Bertz CT molecular complexity index is 401. The van der Waals surface area contributed by atoms with Crippen molar-refractivity contribution in [1.82, 2.24) is 10.2 Å². The molecule has 118 valence electrons. The normalized spacial score (nSPS) is 16.6. The van der Waals surface area contributed by atoms with Crippen LogP contribution in [0.1, 0.15) is 55.2 Å². The van der Waals surface area contributed by atoms with Crippen LogP contribution in [0.25, 0.3) is 0 Å². The van der Waals surface area contributed by atoms with Gasteiger partial charge in [-0.2, -0.15) is 0 Å². The Balaban J connectivity index is 1.63. The average molecular weight is 288 g/mol. The van der Waals surface area contributed by atoms with E-state index < -0.39 is 0 Å². The average Bonchev–Trinajstić information content (AvgIpc) is 2.50. The Morgan fingerprint density at radius 1 is 1.10 bits per heavy atom. The van der Waals surface area contributed by atoms with Crippen LogP contribution in [-0.2, 0) is 6.54 Å². The van der Waals surface area contributed by atoms with Crippen molar-refractivity contribution in [3.05, 3.63) is 34.9 Å². The molecule has 2 nitrogen and oxygen atoms in total. The maximum atomic E-state index is 3.61. The summed E-state index contributed by atoms with van der Waals surface area (Å²) in [5, 5.41) is 3.61. The molecule has 0 bridgehead atoms. The monoisotopic (exact) mass is 288 g/mol. The smallest absolute Gasteiger partial charge is 0.0210 e. The summed E-state index contributed by atoms with van der Waals surface area (Å²) in [5.74, 6) is 0. The zero-order chi connectivity index (χ0) is 15.1. The largest absolute Gasteiger partial charge is 0.313 e. The lowest BCUT2D eigenvalue weighted by Crippen LogP contribution is -2.35. The van der Waals surface area contributed by atoms with E-state index in [0.29, 0.717) is 0 Å². The summed E-state index contributed by atoms with van der Waals surface area (Å²) >= 11 is 0. The van der Waals surface area contributed by atoms with Gasteiger partial charge in [0.15, 0.2) is 0 Å². The standard InChI is InChI=1S/C19H32N2/c1-16-9-7-10-17(2)19(16)15-20-13-8-14-21(3)18-11-5-4-6-12-18/h7,9-10,18,20H,4-6,8,11-15H2,1-3H3. The number of hydrogen-bond donors (Lipinski definition) is 1. The summed E-state index contributed by atoms with van der Waals surface area (Å²) in [4.78, 5) is 2.58. The summed E-state index contributed by atoms with van der Waals surface area (Å²) in [6.07, 6.45) is 8.37. The molecule has 0 radical (unpaired) electrons. The Hall–Kier alpha value is -0.860. The summed E-state index contributed by atoms with van der Waals surface area (Å²) < 4.78 is 0. The number of hydrogen-bond acceptors (Lipinski definition) is 2. The van der Waals surface area contributed by atoms with Gasteiger partial charge in [0.2, 0.25) is 0 Å². The summed E-state index contributed by atoms with van der Waals surface area (Å²) in [6, 6.07) is 7.41. The third-order valence-electron chi connectivity index (χ3n) is 5.01. The molecule has 1 fully saturated rings. The van der Waals surface area contributed by atoms with E-state index in [1.165, 1.54) is 61.8 Å². The van der Waals surface area contributed by atoms with Gasteiger partial charge in [-0.05, 0) is 69.9 Å². The molecule has 1 N–H and O–H groups in total. The zero-order valence-corrected chi connectivity index (χ0v) is 14.1. The zero-order valence-electron chi connectivity index (χ0n) is 14.1. The van der Waals surface area contributed by atoms with Crippen LogP contribution in [0.3, 0.4) is 0 Å². The second kappa shape index (κ2) is 8.55. The van der Waals surface area contributed by atoms with E-state index >= 15 is 0 Å². The first-order chi connectivity index (χ1) is 10.2. The quantitative estimate of drug-likeness (QED) is 0.762. The Labute approximate surface area is 130 Å². The van der Waals surface area contributed by atoms with E-state index in [0.717, 1.165) is 19.1 Å². The highest BCUT2D eigenvalue weighted by molar-refractivity contribution is 5.33. The Kier molecular flexibility index (Phi) is 6.72. The first-order valence-electron chi connectivity index (χ1n) is 8.64. The van der Waals surface area contributed by atoms with Crippen molar-refractivity contribution in [2.75, 3.05) is 20.1 Å². The summed E-state index contributed by atoms with van der Waals surface area (Å²) in [7, 11) is 2.31. The second-order valence-electron chi connectivity index (χ2n) is 6.67. The Morgan fingerprint density at radius 3 is 2.43 bits per heavy atom. The molecular formula is C19H32N2. The fourth-order valence-electron chi connectivity index (χ4n) is 3.50. The van der Waals surface area contributed by atoms with Crippen LogP contribution < -0.4 is 5.32 Å². The molecule has 0 heterocycles. The SMILES string of the molecule is Cc1cccc(C)c1CNCCCN(C)C1CCCCC1. The lowest BCUT2D eigenvalue weighted by Gasteiger charge is -2.31. The van der Waals surface area contributed by atoms with Crippen LogP contribution in [0, 0.1) is 13.8 Å². The van der Waals surface area contributed by atoms with Crippen molar-refractivity contribution >= 4 is 0 Å². The number of rotatable bonds is 7. The molecule has 1 saturated carbocycles. The third kappa shape index (κ3) is 5.12. The fraction of sp³-hybridized carbons (Fsp3) is 0.684. The van der Waals surface area contributed by atoms with E-state index in [9.17, 15) is 0 Å². The molecule has 0 saturated heterocycles. The third-order valence-corrected chi connectivity index (χ3v) is 5.01. The lowest BCUT2D eigenvalue weighted by atomic mass is 9.94. The minimum Gasteiger partial charge on any atom is -0.313 e. The van der Waals surface area contributed by atoms with Gasteiger partial charge in [-0.3, -0.25) is 0 Å². The van der Waals surface area contributed by atoms with E-state index in [-0.39, 0.29) is 0 Å². The van der Waals surface area contributed by atoms with Crippen LogP contribution in [-0.4, -0.2) is 31.1 Å². The molecule has 1 aliphatic carbocycles. The van der Waals surface area contributed by atoms with Crippen molar-refractivity contribution < 1.29 is 0 Å². The van der Waals surface area contributed by atoms with Gasteiger partial charge in [-0.25, -0.2) is 0 Å². The molecule has 1 aliphatic rings. The van der Waals surface area contributed by atoms with Crippen LogP contribution in [0.5, 0.6) is 0 Å². The van der Waals surface area contributed by atoms with Crippen LogP contribution in [0.15, 0.2) is 18.2 Å². The van der Waals surface area contributed by atoms with Crippen LogP contribution >= 0.6 is 0 Å². The van der Waals surface area contributed by atoms with E-state index in [2.05, 4.69) is 49.3 Å². The van der Waals surface area contributed by atoms with Gasteiger partial charge >= 0.3 is 0 Å². The minimum absolute atomic E-state index is 0.845. The first-order valence-corrected chi connectivity index (χ1v) is 8.64. The fourth-order valence-corrected chi connectivity index (χ4v) is 3.50. The number of aryl methyl sites for hydroxylation is 2. The topological polar surface area (TPSA) is 15.3 Å². The molecule has 2 rings (SSSR count). The van der Waals surface area contributed by atoms with Crippen molar-refractivity contribution in [2.24, 2.45) is 0 Å². The molecule has 0 spiro atoms. The van der Waals surface area contributed by atoms with Crippen molar-refractivity contribution in [2.45, 2.75) is 65.0 Å². The maximum Gasteiger partial charge on any atom is 0.0210 e. The molecule has 0 aromatic heterocycles. The molecular weight excluding hydrogens is 256 g/mol. The number of nitrogens with one attached hydrogen (secondary N) is 1. The van der Waals surface area contributed by atoms with Crippen molar-refractivity contribution in [3.8, 4) is 0 Å². The molecule has 0 atom stereocenters. The molecule has 2 heteroatoms. The number of nitrogens with zero attached hydrogens (tertiary/aromatic N) is 1. The molecule has 21 heavy (non-hydrogen) atoms. The lowest BCUT2D eigenvalue weighted by molar-refractivity contribution is 0.189. The van der Waals surface area contributed by atoms with Gasteiger partial charge in [-0.15, -0.1) is 0 Å². The highest BCUT2D eigenvalue weighted by atomic mass is 15.1. The van der Waals surface area contributed by atoms with Crippen LogP contribution in [0.2, 0.25) is 0 Å². The molecule has 1 aromatic rings. The van der Waals surface area contributed by atoms with Gasteiger partial charge in [-0.1, -0.05) is 37.5 Å². The van der Waals surface area contributed by atoms with Gasteiger partial charge in [0.25, 0.3) is 0 Å². The van der Waals surface area contributed by atoms with Crippen molar-refractivity contribution in [3.63, 3.8) is 0 Å². The van der Waals surface area contributed by atoms with E-state index in [1.54, 1.807) is 0 Å².